The number of hydrogen-bond donors (Lipinski definition) is 1. The van der Waals surface area contributed by atoms with Gasteiger partial charge >= 0.3 is 0 Å². The van der Waals surface area contributed by atoms with Gasteiger partial charge in [-0.15, -0.1) is 0 Å². The van der Waals surface area contributed by atoms with E-state index in [9.17, 15) is 9.90 Å². The molecule has 1 N–H and O–H groups in total. The summed E-state index contributed by atoms with van der Waals surface area (Å²) in [6.45, 7) is 9.20. The van der Waals surface area contributed by atoms with E-state index in [0.29, 0.717) is 6.54 Å². The van der Waals surface area contributed by atoms with E-state index >= 15 is 0 Å². The van der Waals surface area contributed by atoms with Crippen LogP contribution in [0.15, 0.2) is 18.2 Å². The molecule has 1 atom stereocenters. The normalized spacial score (nSPS) is 22.4. The van der Waals surface area contributed by atoms with E-state index in [1.807, 2.05) is 32.0 Å². The fraction of sp³-hybridized carbons (Fsp3) is 0.562. The molecule has 1 heterocycles. The molecule has 3 heteroatoms. The van der Waals surface area contributed by atoms with Gasteiger partial charge in [-0.1, -0.05) is 31.5 Å². The Kier molecular flexibility index (Phi) is 3.68. The van der Waals surface area contributed by atoms with E-state index in [-0.39, 0.29) is 11.3 Å². The predicted octanol–water partition coefficient (Wildman–Crippen LogP) is 2.54. The van der Waals surface area contributed by atoms with Crippen molar-refractivity contribution < 1.29 is 9.90 Å². The molecule has 1 fully saturated rings. The second-order valence-electron chi connectivity index (χ2n) is 6.32. The lowest BCUT2D eigenvalue weighted by atomic mass is 9.80. The molecule has 1 saturated heterocycles. The number of carbonyl (C=O) groups excluding carboxylic acids is 1. The molecule has 19 heavy (non-hydrogen) atoms. The van der Waals surface area contributed by atoms with E-state index in [0.717, 1.165) is 29.7 Å². The zero-order chi connectivity index (χ0) is 14.2. The topological polar surface area (TPSA) is 40.5 Å². The summed E-state index contributed by atoms with van der Waals surface area (Å²) in [6.07, 6.45) is 0.389. The smallest absolute Gasteiger partial charge is 0.254 e. The lowest BCUT2D eigenvalue weighted by Gasteiger charge is -2.41. The largest absolute Gasteiger partial charge is 0.391 e. The number of nitrogens with zero attached hydrogens (tertiary/aromatic N) is 1. The molecular weight excluding hydrogens is 238 g/mol. The maximum absolute atomic E-state index is 12.5. The number of aliphatic hydroxyl groups excluding tert-OH is 1. The quantitative estimate of drug-likeness (QED) is 0.844. The van der Waals surface area contributed by atoms with E-state index in [4.69, 9.17) is 0 Å². The number of aliphatic hydroxyl groups is 1. The Morgan fingerprint density at radius 3 is 2.68 bits per heavy atom. The number of carbonyl (C=O) groups is 1. The number of β-amino-alcohol motifs (C(OH)–C–C–N with tert-alkyl or cyclic N) is 1. The van der Waals surface area contributed by atoms with Crippen LogP contribution >= 0.6 is 0 Å². The zero-order valence-electron chi connectivity index (χ0n) is 12.2. The minimum atomic E-state index is -0.449. The van der Waals surface area contributed by atoms with Gasteiger partial charge in [0.15, 0.2) is 0 Å². The number of likely N-dealkylation sites (tertiary alicyclic amines) is 1. The molecule has 0 aliphatic carbocycles. The van der Waals surface area contributed by atoms with Gasteiger partial charge in [-0.05, 0) is 37.3 Å². The third-order valence-electron chi connectivity index (χ3n) is 4.23. The Balaban J connectivity index is 2.19. The van der Waals surface area contributed by atoms with Crippen molar-refractivity contribution >= 4 is 5.91 Å². The van der Waals surface area contributed by atoms with Crippen LogP contribution in [-0.2, 0) is 0 Å². The zero-order valence-corrected chi connectivity index (χ0v) is 12.2. The minimum Gasteiger partial charge on any atom is -0.391 e. The first-order valence-electron chi connectivity index (χ1n) is 6.86. The highest BCUT2D eigenvalue weighted by Gasteiger charge is 2.36. The van der Waals surface area contributed by atoms with Crippen molar-refractivity contribution in [3.8, 4) is 0 Å². The number of rotatable bonds is 1. The lowest BCUT2D eigenvalue weighted by Crippen LogP contribution is -2.50. The van der Waals surface area contributed by atoms with Crippen LogP contribution in [0.3, 0.4) is 0 Å². The molecule has 104 valence electrons. The summed E-state index contributed by atoms with van der Waals surface area (Å²) >= 11 is 0. The number of aryl methyl sites for hydroxylation is 2. The SMILES string of the molecule is Cc1ccc(C)c(C(=O)N2CCC(C)(C)C(O)C2)c1. The van der Waals surface area contributed by atoms with Crippen molar-refractivity contribution in [3.05, 3.63) is 34.9 Å². The summed E-state index contributed by atoms with van der Waals surface area (Å²) in [5, 5.41) is 10.1. The molecule has 1 aliphatic rings. The fourth-order valence-electron chi connectivity index (χ4n) is 2.46. The molecule has 1 aliphatic heterocycles. The summed E-state index contributed by atoms with van der Waals surface area (Å²) in [6, 6.07) is 5.93. The molecule has 1 aromatic rings. The van der Waals surface area contributed by atoms with Crippen LogP contribution in [0, 0.1) is 19.3 Å². The fourth-order valence-corrected chi connectivity index (χ4v) is 2.46. The van der Waals surface area contributed by atoms with Crippen molar-refractivity contribution in [2.24, 2.45) is 5.41 Å². The van der Waals surface area contributed by atoms with Crippen molar-refractivity contribution in [1.82, 2.24) is 4.90 Å². The Morgan fingerprint density at radius 2 is 2.05 bits per heavy atom. The maximum Gasteiger partial charge on any atom is 0.254 e. The van der Waals surface area contributed by atoms with Crippen LogP contribution < -0.4 is 0 Å². The van der Waals surface area contributed by atoms with E-state index in [1.54, 1.807) is 4.90 Å². The van der Waals surface area contributed by atoms with E-state index in [2.05, 4.69) is 13.8 Å². The third kappa shape index (κ3) is 2.81. The molecular formula is C16H23NO2. The average Bonchev–Trinajstić information content (AvgIpc) is 2.35. The van der Waals surface area contributed by atoms with Gasteiger partial charge in [0.1, 0.15) is 0 Å². The van der Waals surface area contributed by atoms with Gasteiger partial charge in [0.25, 0.3) is 5.91 Å². The highest BCUT2D eigenvalue weighted by molar-refractivity contribution is 5.96. The molecule has 0 aromatic heterocycles. The summed E-state index contributed by atoms with van der Waals surface area (Å²) < 4.78 is 0. The number of piperidine rings is 1. The van der Waals surface area contributed by atoms with Gasteiger partial charge < -0.3 is 10.0 Å². The summed E-state index contributed by atoms with van der Waals surface area (Å²) in [5.74, 6) is 0.0377. The van der Waals surface area contributed by atoms with Crippen molar-refractivity contribution in [2.45, 2.75) is 40.2 Å². The standard InChI is InChI=1S/C16H23NO2/c1-11-5-6-12(2)13(9-11)15(19)17-8-7-16(3,4)14(18)10-17/h5-6,9,14,18H,7-8,10H2,1-4H3. The molecule has 1 amide bonds. The molecule has 0 saturated carbocycles. The monoisotopic (exact) mass is 261 g/mol. The van der Waals surface area contributed by atoms with Crippen LogP contribution in [0.2, 0.25) is 0 Å². The number of benzene rings is 1. The Hall–Kier alpha value is -1.35. The van der Waals surface area contributed by atoms with Crippen molar-refractivity contribution in [2.75, 3.05) is 13.1 Å². The Morgan fingerprint density at radius 1 is 1.37 bits per heavy atom. The first-order chi connectivity index (χ1) is 8.81. The highest BCUT2D eigenvalue weighted by Crippen LogP contribution is 2.31. The van der Waals surface area contributed by atoms with Gasteiger partial charge in [0.05, 0.1) is 6.10 Å². The maximum atomic E-state index is 12.5. The van der Waals surface area contributed by atoms with Gasteiger partial charge in [0.2, 0.25) is 0 Å². The van der Waals surface area contributed by atoms with E-state index < -0.39 is 6.10 Å². The summed E-state index contributed by atoms with van der Waals surface area (Å²) in [4.78, 5) is 14.3. The molecule has 0 spiro atoms. The Bertz CT molecular complexity index is 494. The summed E-state index contributed by atoms with van der Waals surface area (Å²) in [5.41, 5.74) is 2.74. The number of hydrogen-bond acceptors (Lipinski definition) is 2. The second kappa shape index (κ2) is 4.97. The van der Waals surface area contributed by atoms with Crippen molar-refractivity contribution in [1.29, 1.82) is 0 Å². The third-order valence-corrected chi connectivity index (χ3v) is 4.23. The number of amides is 1. The molecule has 2 rings (SSSR count). The first kappa shape index (κ1) is 14.1. The van der Waals surface area contributed by atoms with Gasteiger partial charge in [-0.2, -0.15) is 0 Å². The van der Waals surface area contributed by atoms with Gasteiger partial charge in [-0.25, -0.2) is 0 Å². The molecule has 1 aromatic carbocycles. The molecule has 1 unspecified atom stereocenters. The minimum absolute atomic E-state index is 0.0377. The second-order valence-corrected chi connectivity index (χ2v) is 6.32. The van der Waals surface area contributed by atoms with Crippen LogP contribution in [-0.4, -0.2) is 35.1 Å². The Labute approximate surface area is 115 Å². The summed E-state index contributed by atoms with van der Waals surface area (Å²) in [7, 11) is 0. The van der Waals surface area contributed by atoms with Crippen LogP contribution in [0.5, 0.6) is 0 Å². The average molecular weight is 261 g/mol. The molecule has 0 radical (unpaired) electrons. The predicted molar refractivity (Wildman–Crippen MR) is 76.2 cm³/mol. The molecule has 0 bridgehead atoms. The van der Waals surface area contributed by atoms with Crippen molar-refractivity contribution in [3.63, 3.8) is 0 Å². The lowest BCUT2D eigenvalue weighted by molar-refractivity contribution is -0.0191. The van der Waals surface area contributed by atoms with Gasteiger partial charge in [0, 0.05) is 18.7 Å². The van der Waals surface area contributed by atoms with E-state index in [1.165, 1.54) is 0 Å². The van der Waals surface area contributed by atoms with Crippen LogP contribution in [0.4, 0.5) is 0 Å². The van der Waals surface area contributed by atoms with Crippen LogP contribution in [0.1, 0.15) is 41.8 Å². The van der Waals surface area contributed by atoms with Gasteiger partial charge in [-0.3, -0.25) is 4.79 Å². The molecule has 3 nitrogen and oxygen atoms in total. The van der Waals surface area contributed by atoms with Crippen LogP contribution in [0.25, 0.3) is 0 Å². The highest BCUT2D eigenvalue weighted by atomic mass is 16.3. The first-order valence-corrected chi connectivity index (χ1v) is 6.86.